The van der Waals surface area contributed by atoms with Gasteiger partial charge in [0.25, 0.3) is 0 Å². The smallest absolute Gasteiger partial charge is 0.235 e. The maximum absolute atomic E-state index is 5.16. The summed E-state index contributed by atoms with van der Waals surface area (Å²) in [4.78, 5) is 0.726. The topological polar surface area (TPSA) is 78.1 Å². The molecule has 4 aromatic rings. The molecule has 0 radical (unpaired) electrons. The SMILES string of the molecule is COc1ccc(-c2nnc3sc(-c4csnn4)nn23)cc1. The average molecular weight is 316 g/mol. The van der Waals surface area contributed by atoms with Gasteiger partial charge in [0.05, 0.1) is 7.11 Å². The Hall–Kier alpha value is -2.39. The van der Waals surface area contributed by atoms with Crippen LogP contribution in [0.15, 0.2) is 29.6 Å². The first-order valence-corrected chi connectivity index (χ1v) is 7.64. The van der Waals surface area contributed by atoms with Crippen molar-refractivity contribution in [2.45, 2.75) is 0 Å². The van der Waals surface area contributed by atoms with E-state index in [0.717, 1.165) is 27.0 Å². The number of aromatic nitrogens is 6. The molecule has 0 aliphatic heterocycles. The van der Waals surface area contributed by atoms with Crippen LogP contribution in [0.5, 0.6) is 5.75 Å². The molecule has 3 heterocycles. The average Bonchev–Trinajstić information content (AvgIpc) is 3.23. The lowest BCUT2D eigenvalue weighted by atomic mass is 10.2. The lowest BCUT2D eigenvalue weighted by Crippen LogP contribution is -1.91. The Kier molecular flexibility index (Phi) is 2.86. The third kappa shape index (κ3) is 2.06. The molecule has 0 unspecified atom stereocenters. The van der Waals surface area contributed by atoms with Crippen LogP contribution in [0.1, 0.15) is 0 Å². The predicted molar refractivity (Wildman–Crippen MR) is 79.5 cm³/mol. The number of rotatable bonds is 3. The van der Waals surface area contributed by atoms with Crippen LogP contribution in [0.2, 0.25) is 0 Å². The lowest BCUT2D eigenvalue weighted by Gasteiger charge is -2.00. The summed E-state index contributed by atoms with van der Waals surface area (Å²) in [6.45, 7) is 0. The molecule has 3 aromatic heterocycles. The van der Waals surface area contributed by atoms with E-state index in [-0.39, 0.29) is 0 Å². The minimum absolute atomic E-state index is 0.693. The molecular weight excluding hydrogens is 308 g/mol. The molecular formula is C12H8N6OS2. The highest BCUT2D eigenvalue weighted by molar-refractivity contribution is 7.20. The van der Waals surface area contributed by atoms with Gasteiger partial charge in [-0.15, -0.1) is 15.3 Å². The number of methoxy groups -OCH3 is 1. The number of hydrogen-bond donors (Lipinski definition) is 0. The lowest BCUT2D eigenvalue weighted by molar-refractivity contribution is 0.415. The zero-order valence-corrected chi connectivity index (χ0v) is 12.4. The first-order valence-electron chi connectivity index (χ1n) is 5.99. The second-order valence-corrected chi connectivity index (χ2v) is 5.71. The van der Waals surface area contributed by atoms with Gasteiger partial charge in [0.15, 0.2) is 10.8 Å². The summed E-state index contributed by atoms with van der Waals surface area (Å²) in [7, 11) is 1.64. The van der Waals surface area contributed by atoms with Crippen LogP contribution in [-0.4, -0.2) is 36.5 Å². The second kappa shape index (κ2) is 4.86. The fraction of sp³-hybridized carbons (Fsp3) is 0.0833. The quantitative estimate of drug-likeness (QED) is 0.577. The molecule has 0 saturated carbocycles. The Morgan fingerprint density at radius 2 is 1.95 bits per heavy atom. The predicted octanol–water partition coefficient (Wildman–Crippen LogP) is 2.38. The third-order valence-corrected chi connectivity index (χ3v) is 4.34. The highest BCUT2D eigenvalue weighted by atomic mass is 32.1. The Bertz CT molecular complexity index is 880. The summed E-state index contributed by atoms with van der Waals surface area (Å²) in [6.07, 6.45) is 0. The van der Waals surface area contributed by atoms with Crippen molar-refractivity contribution in [3.05, 3.63) is 29.6 Å². The number of nitrogens with zero attached hydrogens (tertiary/aromatic N) is 6. The Morgan fingerprint density at radius 3 is 2.67 bits per heavy atom. The van der Waals surface area contributed by atoms with Crippen molar-refractivity contribution in [1.29, 1.82) is 0 Å². The van der Waals surface area contributed by atoms with E-state index in [4.69, 9.17) is 4.74 Å². The third-order valence-electron chi connectivity index (χ3n) is 2.92. The minimum atomic E-state index is 0.693. The Morgan fingerprint density at radius 1 is 1.10 bits per heavy atom. The van der Waals surface area contributed by atoms with Crippen molar-refractivity contribution in [2.24, 2.45) is 0 Å². The zero-order valence-electron chi connectivity index (χ0n) is 10.8. The summed E-state index contributed by atoms with van der Waals surface area (Å²) in [5.41, 5.74) is 1.69. The first kappa shape index (κ1) is 12.4. The molecule has 0 atom stereocenters. The van der Waals surface area contributed by atoms with Gasteiger partial charge in [-0.25, -0.2) is 0 Å². The number of benzene rings is 1. The molecule has 9 heteroatoms. The summed E-state index contributed by atoms with van der Waals surface area (Å²) < 4.78 is 10.7. The fourth-order valence-corrected chi connectivity index (χ4v) is 3.21. The molecule has 21 heavy (non-hydrogen) atoms. The normalized spacial score (nSPS) is 11.1. The molecule has 0 amide bonds. The van der Waals surface area contributed by atoms with Crippen molar-refractivity contribution >= 4 is 27.8 Å². The van der Waals surface area contributed by atoms with E-state index in [2.05, 4.69) is 24.9 Å². The largest absolute Gasteiger partial charge is 0.497 e. The molecule has 0 saturated heterocycles. The number of ether oxygens (including phenoxy) is 1. The minimum Gasteiger partial charge on any atom is -0.497 e. The van der Waals surface area contributed by atoms with Crippen LogP contribution < -0.4 is 4.74 Å². The van der Waals surface area contributed by atoms with Crippen LogP contribution in [0.4, 0.5) is 0 Å². The maximum Gasteiger partial charge on any atom is 0.235 e. The van der Waals surface area contributed by atoms with Crippen molar-refractivity contribution in [1.82, 2.24) is 29.4 Å². The van der Waals surface area contributed by atoms with E-state index >= 15 is 0 Å². The van der Waals surface area contributed by atoms with Gasteiger partial charge in [0.1, 0.15) is 11.4 Å². The van der Waals surface area contributed by atoms with Crippen molar-refractivity contribution < 1.29 is 4.74 Å². The van der Waals surface area contributed by atoms with E-state index < -0.39 is 0 Å². The van der Waals surface area contributed by atoms with E-state index in [1.807, 2.05) is 29.6 Å². The zero-order chi connectivity index (χ0) is 14.2. The molecule has 4 rings (SSSR count). The van der Waals surface area contributed by atoms with Gasteiger partial charge in [0.2, 0.25) is 4.96 Å². The van der Waals surface area contributed by atoms with Crippen LogP contribution >= 0.6 is 22.9 Å². The van der Waals surface area contributed by atoms with Crippen molar-refractivity contribution in [2.75, 3.05) is 7.11 Å². The second-order valence-electron chi connectivity index (χ2n) is 4.14. The Labute approximate surface area is 127 Å². The van der Waals surface area contributed by atoms with E-state index in [1.54, 1.807) is 11.6 Å². The summed E-state index contributed by atoms with van der Waals surface area (Å²) in [5.74, 6) is 1.49. The molecule has 104 valence electrons. The van der Waals surface area contributed by atoms with Gasteiger partial charge in [-0.3, -0.25) is 0 Å². The molecule has 0 N–H and O–H groups in total. The van der Waals surface area contributed by atoms with Gasteiger partial charge in [-0.05, 0) is 35.8 Å². The van der Waals surface area contributed by atoms with E-state index in [0.29, 0.717) is 5.82 Å². The highest BCUT2D eigenvalue weighted by Gasteiger charge is 2.15. The van der Waals surface area contributed by atoms with Crippen LogP contribution in [0, 0.1) is 0 Å². The maximum atomic E-state index is 5.16. The molecule has 0 fully saturated rings. The van der Waals surface area contributed by atoms with Crippen LogP contribution in [-0.2, 0) is 0 Å². The van der Waals surface area contributed by atoms with Gasteiger partial charge in [-0.1, -0.05) is 15.8 Å². The fourth-order valence-electron chi connectivity index (χ4n) is 1.90. The van der Waals surface area contributed by atoms with Gasteiger partial charge < -0.3 is 4.74 Å². The number of fused-ring (bicyclic) bond motifs is 1. The Balaban J connectivity index is 1.81. The number of hydrogen-bond acceptors (Lipinski definition) is 8. The molecule has 0 spiro atoms. The van der Waals surface area contributed by atoms with Gasteiger partial charge in [-0.2, -0.15) is 9.61 Å². The van der Waals surface area contributed by atoms with E-state index in [1.165, 1.54) is 22.9 Å². The van der Waals surface area contributed by atoms with Crippen molar-refractivity contribution in [3.8, 4) is 27.8 Å². The molecule has 0 aliphatic carbocycles. The van der Waals surface area contributed by atoms with Gasteiger partial charge >= 0.3 is 0 Å². The first-order chi connectivity index (χ1) is 10.3. The molecule has 0 aliphatic rings. The van der Waals surface area contributed by atoms with Gasteiger partial charge in [0, 0.05) is 10.9 Å². The summed E-state index contributed by atoms with van der Waals surface area (Å²) >= 11 is 2.73. The molecule has 7 nitrogen and oxygen atoms in total. The highest BCUT2D eigenvalue weighted by Crippen LogP contribution is 2.27. The molecule has 1 aromatic carbocycles. The molecule has 0 bridgehead atoms. The summed E-state index contributed by atoms with van der Waals surface area (Å²) in [6, 6.07) is 7.62. The standard InChI is InChI=1S/C12H8N6OS2/c1-19-8-4-2-7(3-5-8)10-14-15-12-18(10)16-11(21-12)9-6-20-17-13-9/h2-6H,1H3. The monoisotopic (exact) mass is 316 g/mol. The van der Waals surface area contributed by atoms with Crippen LogP contribution in [0.3, 0.4) is 0 Å². The van der Waals surface area contributed by atoms with Crippen molar-refractivity contribution in [3.63, 3.8) is 0 Å². The summed E-state index contributed by atoms with van der Waals surface area (Å²) in [5, 5.41) is 19.5. The van der Waals surface area contributed by atoms with E-state index in [9.17, 15) is 0 Å². The van der Waals surface area contributed by atoms with Crippen LogP contribution in [0.25, 0.3) is 27.1 Å².